The Hall–Kier alpha value is -0.390. The second kappa shape index (κ2) is 7.81. The van der Waals surface area contributed by atoms with Gasteiger partial charge in [-0.25, -0.2) is 0 Å². The van der Waals surface area contributed by atoms with Crippen molar-refractivity contribution in [1.29, 1.82) is 5.41 Å². The van der Waals surface area contributed by atoms with Crippen molar-refractivity contribution in [3.8, 4) is 5.75 Å². The fourth-order valence-corrected chi connectivity index (χ4v) is 2.06. The van der Waals surface area contributed by atoms with Gasteiger partial charge in [-0.3, -0.25) is 5.41 Å². The molecule has 6 heteroatoms. The molecule has 0 bridgehead atoms. The molecule has 0 spiro atoms. The molecule has 0 radical (unpaired) electrons. The Bertz CT molecular complexity index is 363. The van der Waals surface area contributed by atoms with E-state index in [-0.39, 0.29) is 17.6 Å². The highest BCUT2D eigenvalue weighted by molar-refractivity contribution is 9.10. The number of rotatable bonds is 4. The molecule has 1 rings (SSSR count). The van der Waals surface area contributed by atoms with Crippen LogP contribution >= 0.6 is 27.7 Å². The standard InChI is InChI=1S/C10H13BrN2OS.ClH/c1-2-14-9-4-3-8(11)5-7(9)6-15-10(12)13;/h3-5H,2,6H2,1H3,(H3,12,13);1H/p-1. The normalized spacial score (nSPS) is 9.38. The Morgan fingerprint density at radius 2 is 2.25 bits per heavy atom. The maximum absolute atomic E-state index is 7.16. The first-order chi connectivity index (χ1) is 7.13. The Balaban J connectivity index is 0.00000225. The van der Waals surface area contributed by atoms with Crippen LogP contribution in [0.3, 0.4) is 0 Å². The molecule has 3 nitrogen and oxygen atoms in total. The van der Waals surface area contributed by atoms with Gasteiger partial charge in [0.25, 0.3) is 0 Å². The largest absolute Gasteiger partial charge is 1.00 e. The van der Waals surface area contributed by atoms with Crippen LogP contribution in [0.5, 0.6) is 5.75 Å². The third-order valence-electron chi connectivity index (χ3n) is 1.71. The van der Waals surface area contributed by atoms with Crippen molar-refractivity contribution in [3.63, 3.8) is 0 Å². The van der Waals surface area contributed by atoms with E-state index in [1.165, 1.54) is 11.8 Å². The van der Waals surface area contributed by atoms with Gasteiger partial charge >= 0.3 is 0 Å². The average Bonchev–Trinajstić information content (AvgIpc) is 2.18. The lowest BCUT2D eigenvalue weighted by atomic mass is 10.2. The summed E-state index contributed by atoms with van der Waals surface area (Å²) in [5.74, 6) is 1.51. The van der Waals surface area contributed by atoms with Gasteiger partial charge in [-0.2, -0.15) is 0 Å². The number of hydrogen-bond acceptors (Lipinski definition) is 3. The Morgan fingerprint density at radius 3 is 2.81 bits per heavy atom. The van der Waals surface area contributed by atoms with Crippen LogP contribution in [0.2, 0.25) is 0 Å². The molecule has 1 aromatic rings. The van der Waals surface area contributed by atoms with E-state index in [1.807, 2.05) is 25.1 Å². The number of benzene rings is 1. The zero-order chi connectivity index (χ0) is 11.3. The summed E-state index contributed by atoms with van der Waals surface area (Å²) in [6.07, 6.45) is 0. The molecule has 0 amide bonds. The zero-order valence-corrected chi connectivity index (χ0v) is 12.0. The molecule has 3 N–H and O–H groups in total. The highest BCUT2D eigenvalue weighted by Gasteiger charge is 2.05. The molecule has 0 unspecified atom stereocenters. The van der Waals surface area contributed by atoms with Gasteiger partial charge in [-0.05, 0) is 25.1 Å². The third kappa shape index (κ3) is 5.09. The van der Waals surface area contributed by atoms with Gasteiger partial charge in [0.15, 0.2) is 5.17 Å². The van der Waals surface area contributed by atoms with Crippen molar-refractivity contribution in [2.45, 2.75) is 12.7 Å². The van der Waals surface area contributed by atoms with Gasteiger partial charge in [0.05, 0.1) is 6.61 Å². The molecule has 0 aliphatic heterocycles. The summed E-state index contributed by atoms with van der Waals surface area (Å²) in [7, 11) is 0. The lowest BCUT2D eigenvalue weighted by Gasteiger charge is -2.09. The van der Waals surface area contributed by atoms with E-state index in [2.05, 4.69) is 15.9 Å². The molecule has 0 atom stereocenters. The number of thioether (sulfide) groups is 1. The molecule has 90 valence electrons. The lowest BCUT2D eigenvalue weighted by Crippen LogP contribution is -3.00. The summed E-state index contributed by atoms with van der Waals surface area (Å²) in [5, 5.41) is 7.28. The first-order valence-corrected chi connectivity index (χ1v) is 6.29. The van der Waals surface area contributed by atoms with Crippen molar-refractivity contribution in [2.24, 2.45) is 5.73 Å². The van der Waals surface area contributed by atoms with Gasteiger partial charge in [0.2, 0.25) is 0 Å². The molecule has 0 saturated heterocycles. The second-order valence-corrected chi connectivity index (χ2v) is 4.77. The molecule has 0 fully saturated rings. The van der Waals surface area contributed by atoms with E-state index in [0.29, 0.717) is 12.4 Å². The SMILES string of the molecule is CCOc1ccc(Br)cc1CSC(=N)N.[Cl-]. The van der Waals surface area contributed by atoms with Gasteiger partial charge in [0.1, 0.15) is 5.75 Å². The zero-order valence-electron chi connectivity index (χ0n) is 8.80. The monoisotopic (exact) mass is 323 g/mol. The van der Waals surface area contributed by atoms with Crippen molar-refractivity contribution >= 4 is 32.9 Å². The maximum atomic E-state index is 7.16. The van der Waals surface area contributed by atoms with Gasteiger partial charge in [0, 0.05) is 15.8 Å². The molecule has 0 heterocycles. The lowest BCUT2D eigenvalue weighted by molar-refractivity contribution is -0.00000381. The average molecular weight is 325 g/mol. The van der Waals surface area contributed by atoms with E-state index in [9.17, 15) is 0 Å². The fraction of sp³-hybridized carbons (Fsp3) is 0.300. The van der Waals surface area contributed by atoms with Crippen molar-refractivity contribution in [2.75, 3.05) is 6.61 Å². The molecule has 16 heavy (non-hydrogen) atoms. The summed E-state index contributed by atoms with van der Waals surface area (Å²) in [6, 6.07) is 5.84. The molecule has 0 aliphatic carbocycles. The number of nitrogens with two attached hydrogens (primary N) is 1. The van der Waals surface area contributed by atoms with E-state index in [0.717, 1.165) is 15.8 Å². The van der Waals surface area contributed by atoms with Crippen LogP contribution in [0.15, 0.2) is 22.7 Å². The van der Waals surface area contributed by atoms with Crippen LogP contribution in [-0.2, 0) is 5.75 Å². The minimum absolute atomic E-state index is 0. The Morgan fingerprint density at radius 1 is 1.56 bits per heavy atom. The van der Waals surface area contributed by atoms with Crippen LogP contribution < -0.4 is 22.9 Å². The number of nitrogens with one attached hydrogen (secondary N) is 1. The number of hydrogen-bond donors (Lipinski definition) is 2. The minimum Gasteiger partial charge on any atom is -1.00 e. The fourth-order valence-electron chi connectivity index (χ4n) is 1.11. The number of halogens is 2. The molecular formula is C10H13BrClN2OS-. The Kier molecular flexibility index (Phi) is 7.62. The maximum Gasteiger partial charge on any atom is 0.151 e. The second-order valence-electron chi connectivity index (χ2n) is 2.84. The van der Waals surface area contributed by atoms with E-state index < -0.39 is 0 Å². The molecule has 0 aliphatic rings. The van der Waals surface area contributed by atoms with Crippen LogP contribution in [0, 0.1) is 5.41 Å². The number of amidine groups is 1. The first kappa shape index (κ1) is 15.6. The third-order valence-corrected chi connectivity index (χ3v) is 2.97. The molecule has 0 saturated carbocycles. The molecule has 0 aromatic heterocycles. The van der Waals surface area contributed by atoms with Crippen molar-refractivity contribution < 1.29 is 17.1 Å². The van der Waals surface area contributed by atoms with Crippen LogP contribution in [-0.4, -0.2) is 11.8 Å². The smallest absolute Gasteiger partial charge is 0.151 e. The number of ether oxygens (including phenoxy) is 1. The highest BCUT2D eigenvalue weighted by Crippen LogP contribution is 2.26. The topological polar surface area (TPSA) is 59.1 Å². The van der Waals surface area contributed by atoms with Crippen molar-refractivity contribution in [1.82, 2.24) is 0 Å². The van der Waals surface area contributed by atoms with Gasteiger partial charge in [-0.1, -0.05) is 27.7 Å². The van der Waals surface area contributed by atoms with E-state index in [4.69, 9.17) is 15.9 Å². The highest BCUT2D eigenvalue weighted by atomic mass is 79.9. The predicted octanol–water partition coefficient (Wildman–Crippen LogP) is -0.0215. The summed E-state index contributed by atoms with van der Waals surface area (Å²) in [4.78, 5) is 0. The van der Waals surface area contributed by atoms with E-state index >= 15 is 0 Å². The van der Waals surface area contributed by atoms with Crippen molar-refractivity contribution in [3.05, 3.63) is 28.2 Å². The minimum atomic E-state index is 0. The van der Waals surface area contributed by atoms with Gasteiger partial charge in [-0.15, -0.1) is 0 Å². The Labute approximate surface area is 114 Å². The van der Waals surface area contributed by atoms with E-state index in [1.54, 1.807) is 0 Å². The van der Waals surface area contributed by atoms with Gasteiger partial charge < -0.3 is 22.9 Å². The van der Waals surface area contributed by atoms with Crippen LogP contribution in [0.25, 0.3) is 0 Å². The first-order valence-electron chi connectivity index (χ1n) is 4.51. The summed E-state index contributed by atoms with van der Waals surface area (Å²) >= 11 is 4.70. The summed E-state index contributed by atoms with van der Waals surface area (Å²) in [5.41, 5.74) is 6.34. The summed E-state index contributed by atoms with van der Waals surface area (Å²) < 4.78 is 6.48. The summed E-state index contributed by atoms with van der Waals surface area (Å²) in [6.45, 7) is 2.59. The predicted molar refractivity (Wildman–Crippen MR) is 68.5 cm³/mol. The quantitative estimate of drug-likeness (QED) is 0.604. The molecular weight excluding hydrogens is 312 g/mol. The van der Waals surface area contributed by atoms with Crippen LogP contribution in [0.1, 0.15) is 12.5 Å². The molecule has 1 aromatic carbocycles. The van der Waals surface area contributed by atoms with Crippen LogP contribution in [0.4, 0.5) is 0 Å².